The van der Waals surface area contributed by atoms with Gasteiger partial charge in [-0.05, 0) is 18.2 Å². The lowest BCUT2D eigenvalue weighted by atomic mass is 10.00. The summed E-state index contributed by atoms with van der Waals surface area (Å²) in [5, 5.41) is 3.90. The zero-order valence-electron chi connectivity index (χ0n) is 11.4. The molecule has 0 saturated heterocycles. The van der Waals surface area contributed by atoms with Crippen LogP contribution in [-0.4, -0.2) is 23.9 Å². The third kappa shape index (κ3) is 2.43. The first-order valence-electron chi connectivity index (χ1n) is 5.88. The highest BCUT2D eigenvalue weighted by atomic mass is 19.4. The van der Waals surface area contributed by atoms with Crippen molar-refractivity contribution in [3.63, 3.8) is 0 Å². The quantitative estimate of drug-likeness (QED) is 0.922. The van der Waals surface area contributed by atoms with Crippen LogP contribution in [0.5, 0.6) is 0 Å². The van der Waals surface area contributed by atoms with Crippen LogP contribution < -0.4 is 10.6 Å². The van der Waals surface area contributed by atoms with Crippen molar-refractivity contribution in [1.29, 1.82) is 0 Å². The summed E-state index contributed by atoms with van der Waals surface area (Å²) in [7, 11) is 5.11. The van der Waals surface area contributed by atoms with E-state index in [0.717, 1.165) is 6.07 Å². The van der Waals surface area contributed by atoms with Crippen LogP contribution in [0.2, 0.25) is 0 Å². The molecule has 4 nitrogen and oxygen atoms in total. The van der Waals surface area contributed by atoms with Gasteiger partial charge in [-0.25, -0.2) is 0 Å². The van der Waals surface area contributed by atoms with E-state index < -0.39 is 11.7 Å². The van der Waals surface area contributed by atoms with Crippen LogP contribution >= 0.6 is 0 Å². The largest absolute Gasteiger partial charge is 0.417 e. The number of rotatable bonds is 2. The van der Waals surface area contributed by atoms with Crippen molar-refractivity contribution in [3.8, 4) is 11.1 Å². The van der Waals surface area contributed by atoms with Crippen LogP contribution in [0.4, 0.5) is 24.7 Å². The average molecular weight is 284 g/mol. The molecule has 0 aliphatic rings. The van der Waals surface area contributed by atoms with Gasteiger partial charge >= 0.3 is 6.18 Å². The number of nitrogen functional groups attached to an aromatic ring is 1. The van der Waals surface area contributed by atoms with Gasteiger partial charge in [0.15, 0.2) is 0 Å². The summed E-state index contributed by atoms with van der Waals surface area (Å²) >= 11 is 0. The van der Waals surface area contributed by atoms with E-state index in [2.05, 4.69) is 5.10 Å². The molecule has 0 fully saturated rings. The van der Waals surface area contributed by atoms with Crippen LogP contribution in [0.3, 0.4) is 0 Å². The number of hydrogen-bond donors (Lipinski definition) is 1. The summed E-state index contributed by atoms with van der Waals surface area (Å²) in [5.41, 5.74) is 6.05. The van der Waals surface area contributed by atoms with Crippen LogP contribution in [0.15, 0.2) is 24.4 Å². The highest BCUT2D eigenvalue weighted by molar-refractivity contribution is 5.79. The van der Waals surface area contributed by atoms with Gasteiger partial charge in [0.1, 0.15) is 5.82 Å². The summed E-state index contributed by atoms with van der Waals surface area (Å²) in [6.07, 6.45) is -3.10. The molecule has 2 N–H and O–H groups in total. The van der Waals surface area contributed by atoms with E-state index in [-0.39, 0.29) is 16.9 Å². The number of anilines is 2. The standard InChI is InChI=1S/C13H15F3N4/c1-19(2)8-4-5-11(13(14,15)16)9(6-8)10-7-18-20(3)12(10)17/h4-7H,17H2,1-3H3. The molecular formula is C13H15F3N4. The predicted octanol–water partition coefficient (Wildman–Crippen LogP) is 2.75. The van der Waals surface area contributed by atoms with Crippen molar-refractivity contribution < 1.29 is 13.2 Å². The molecular weight excluding hydrogens is 269 g/mol. The van der Waals surface area contributed by atoms with Crippen molar-refractivity contribution in [1.82, 2.24) is 9.78 Å². The summed E-state index contributed by atoms with van der Waals surface area (Å²) in [6.45, 7) is 0. The number of hydrogen-bond acceptors (Lipinski definition) is 3. The van der Waals surface area contributed by atoms with Crippen molar-refractivity contribution in [2.24, 2.45) is 7.05 Å². The summed E-state index contributed by atoms with van der Waals surface area (Å²) in [5.74, 6) is 0.200. The van der Waals surface area contributed by atoms with Crippen LogP contribution in [0.25, 0.3) is 11.1 Å². The van der Waals surface area contributed by atoms with Gasteiger partial charge in [0.25, 0.3) is 0 Å². The minimum Gasteiger partial charge on any atom is -0.383 e. The van der Waals surface area contributed by atoms with Crippen molar-refractivity contribution in [2.45, 2.75) is 6.18 Å². The lowest BCUT2D eigenvalue weighted by Gasteiger charge is -2.18. The maximum absolute atomic E-state index is 13.1. The first-order valence-corrected chi connectivity index (χ1v) is 5.88. The smallest absolute Gasteiger partial charge is 0.383 e. The zero-order chi connectivity index (χ0) is 15.1. The van der Waals surface area contributed by atoms with E-state index in [1.165, 1.54) is 23.0 Å². The molecule has 0 saturated carbocycles. The fraction of sp³-hybridized carbons (Fsp3) is 0.308. The molecule has 108 valence electrons. The molecule has 0 amide bonds. The molecule has 20 heavy (non-hydrogen) atoms. The maximum atomic E-state index is 13.1. The first kappa shape index (κ1) is 14.2. The second kappa shape index (κ2) is 4.73. The van der Waals surface area contributed by atoms with E-state index in [4.69, 9.17) is 5.73 Å². The van der Waals surface area contributed by atoms with Crippen LogP contribution in [-0.2, 0) is 13.2 Å². The molecule has 1 aromatic carbocycles. The highest BCUT2D eigenvalue weighted by Gasteiger charge is 2.34. The fourth-order valence-electron chi connectivity index (χ4n) is 1.93. The van der Waals surface area contributed by atoms with E-state index in [1.54, 1.807) is 26.0 Å². The Hall–Kier alpha value is -2.18. The first-order chi connectivity index (χ1) is 9.21. The third-order valence-corrected chi connectivity index (χ3v) is 3.10. The van der Waals surface area contributed by atoms with Crippen LogP contribution in [0.1, 0.15) is 5.56 Å². The number of benzene rings is 1. The van der Waals surface area contributed by atoms with E-state index in [1.807, 2.05) is 0 Å². The Morgan fingerprint density at radius 3 is 2.30 bits per heavy atom. The molecule has 0 unspecified atom stereocenters. The van der Waals surface area contributed by atoms with Gasteiger partial charge in [0.05, 0.1) is 11.8 Å². The Balaban J connectivity index is 2.70. The predicted molar refractivity (Wildman–Crippen MR) is 72.4 cm³/mol. The Kier molecular flexibility index (Phi) is 3.37. The minimum atomic E-state index is -4.44. The van der Waals surface area contributed by atoms with Gasteiger partial charge in [-0.3, -0.25) is 4.68 Å². The van der Waals surface area contributed by atoms with Gasteiger partial charge in [-0.15, -0.1) is 0 Å². The number of nitrogens with zero attached hydrogens (tertiary/aromatic N) is 3. The molecule has 0 spiro atoms. The molecule has 7 heteroatoms. The summed E-state index contributed by atoms with van der Waals surface area (Å²) < 4.78 is 40.7. The topological polar surface area (TPSA) is 47.1 Å². The molecule has 0 radical (unpaired) electrons. The Labute approximate surface area is 114 Å². The summed E-state index contributed by atoms with van der Waals surface area (Å²) in [6, 6.07) is 3.96. The van der Waals surface area contributed by atoms with Gasteiger partial charge in [-0.2, -0.15) is 18.3 Å². The number of nitrogens with two attached hydrogens (primary N) is 1. The Bertz CT molecular complexity index is 629. The van der Waals surface area contributed by atoms with Crippen molar-refractivity contribution >= 4 is 11.5 Å². The lowest BCUT2D eigenvalue weighted by Crippen LogP contribution is -2.12. The molecule has 0 aliphatic carbocycles. The van der Waals surface area contributed by atoms with Crippen LogP contribution in [0, 0.1) is 0 Å². The molecule has 1 aromatic heterocycles. The van der Waals surface area contributed by atoms with E-state index in [0.29, 0.717) is 5.69 Å². The minimum absolute atomic E-state index is 0.0364. The van der Waals surface area contributed by atoms with Gasteiger partial charge in [0, 0.05) is 38.0 Å². The maximum Gasteiger partial charge on any atom is 0.417 e. The van der Waals surface area contributed by atoms with E-state index in [9.17, 15) is 13.2 Å². The Morgan fingerprint density at radius 1 is 1.20 bits per heavy atom. The highest BCUT2D eigenvalue weighted by Crippen LogP contribution is 2.40. The zero-order valence-corrected chi connectivity index (χ0v) is 11.4. The SMILES string of the molecule is CN(C)c1ccc(C(F)(F)F)c(-c2cnn(C)c2N)c1. The second-order valence-corrected chi connectivity index (χ2v) is 4.69. The Morgan fingerprint density at radius 2 is 1.85 bits per heavy atom. The molecule has 0 bridgehead atoms. The molecule has 2 rings (SSSR count). The molecule has 2 aromatic rings. The second-order valence-electron chi connectivity index (χ2n) is 4.69. The molecule has 1 heterocycles. The number of aryl methyl sites for hydroxylation is 1. The van der Waals surface area contributed by atoms with Gasteiger partial charge in [0.2, 0.25) is 0 Å². The lowest BCUT2D eigenvalue weighted by molar-refractivity contribution is -0.137. The summed E-state index contributed by atoms with van der Waals surface area (Å²) in [4.78, 5) is 1.73. The third-order valence-electron chi connectivity index (χ3n) is 3.10. The van der Waals surface area contributed by atoms with E-state index >= 15 is 0 Å². The van der Waals surface area contributed by atoms with Crippen molar-refractivity contribution in [3.05, 3.63) is 30.0 Å². The van der Waals surface area contributed by atoms with Gasteiger partial charge < -0.3 is 10.6 Å². The van der Waals surface area contributed by atoms with Crippen molar-refractivity contribution in [2.75, 3.05) is 24.7 Å². The molecule has 0 atom stereocenters. The monoisotopic (exact) mass is 284 g/mol. The normalized spacial score (nSPS) is 11.7. The number of halogens is 3. The number of alkyl halides is 3. The fourth-order valence-corrected chi connectivity index (χ4v) is 1.93. The average Bonchev–Trinajstić information content (AvgIpc) is 2.68. The molecule has 0 aliphatic heterocycles. The number of aromatic nitrogens is 2. The van der Waals surface area contributed by atoms with Gasteiger partial charge in [-0.1, -0.05) is 0 Å².